The largest absolute Gasteiger partial charge is 0.294 e. The number of fused-ring (bicyclic) bond motifs is 5. The highest BCUT2D eigenvalue weighted by atomic mass is 16.1. The van der Waals surface area contributed by atoms with Crippen LogP contribution in [0.25, 0.3) is 0 Å². The van der Waals surface area contributed by atoms with E-state index in [9.17, 15) is 15.3 Å². The molecule has 0 radical (unpaired) electrons. The van der Waals surface area contributed by atoms with E-state index in [0.717, 1.165) is 17.6 Å². The van der Waals surface area contributed by atoms with E-state index in [1.165, 1.54) is 5.56 Å². The van der Waals surface area contributed by atoms with E-state index >= 15 is 0 Å². The molecule has 0 N–H and O–H groups in total. The molecule has 0 unspecified atom stereocenters. The van der Waals surface area contributed by atoms with Gasteiger partial charge >= 0.3 is 0 Å². The van der Waals surface area contributed by atoms with Crippen molar-refractivity contribution in [1.82, 2.24) is 0 Å². The molecule has 3 aliphatic rings. The summed E-state index contributed by atoms with van der Waals surface area (Å²) in [6.07, 6.45) is 6.46. The van der Waals surface area contributed by atoms with E-state index < -0.39 is 0 Å². The molecule has 0 atom stereocenters. The Morgan fingerprint density at radius 3 is 2.13 bits per heavy atom. The molecule has 0 amide bonds. The molecule has 1 aromatic carbocycles. The number of hydrogen-bond donors (Lipinski definition) is 0. The minimum absolute atomic E-state index is 0.0286. The van der Waals surface area contributed by atoms with Gasteiger partial charge < -0.3 is 0 Å². The maximum Gasteiger partial charge on any atom is 0.164 e. The second kappa shape index (κ2) is 6.46. The van der Waals surface area contributed by atoms with E-state index in [1.54, 1.807) is 12.2 Å². The SMILES string of the molecule is N#CC1=CCC(C#N)=C2C=C1C(=O)CCc1ccc(cc1)CC2. The Kier molecular flexibility index (Phi) is 4.22. The van der Waals surface area contributed by atoms with Crippen LogP contribution in [0.1, 0.15) is 30.4 Å². The molecule has 0 fully saturated rings. The molecule has 0 spiro atoms. The summed E-state index contributed by atoms with van der Waals surface area (Å²) in [4.78, 5) is 12.6. The fourth-order valence-corrected chi connectivity index (χ4v) is 3.01. The molecule has 0 heterocycles. The third-order valence-electron chi connectivity index (χ3n) is 4.41. The van der Waals surface area contributed by atoms with Gasteiger partial charge in [-0.2, -0.15) is 10.5 Å². The van der Waals surface area contributed by atoms with Crippen LogP contribution in [-0.4, -0.2) is 5.78 Å². The minimum atomic E-state index is -0.0286. The lowest BCUT2D eigenvalue weighted by Gasteiger charge is -2.10. The molecule has 3 nitrogen and oxygen atoms in total. The van der Waals surface area contributed by atoms with Crippen molar-refractivity contribution in [2.24, 2.45) is 0 Å². The highest BCUT2D eigenvalue weighted by Crippen LogP contribution is 2.28. The van der Waals surface area contributed by atoms with Crippen molar-refractivity contribution in [2.75, 3.05) is 0 Å². The first-order valence-corrected chi connectivity index (χ1v) is 7.76. The molecule has 3 aliphatic carbocycles. The number of allylic oxidation sites excluding steroid dienone is 6. The fraction of sp³-hybridized carbons (Fsp3) is 0.250. The lowest BCUT2D eigenvalue weighted by atomic mass is 9.92. The van der Waals surface area contributed by atoms with Crippen LogP contribution in [0.5, 0.6) is 0 Å². The summed E-state index contributed by atoms with van der Waals surface area (Å²) in [5.41, 5.74) is 4.73. The highest BCUT2D eigenvalue weighted by Gasteiger charge is 2.20. The first-order valence-electron chi connectivity index (χ1n) is 7.76. The van der Waals surface area contributed by atoms with Crippen LogP contribution in [0.4, 0.5) is 0 Å². The molecular formula is C20H16N2O. The summed E-state index contributed by atoms with van der Waals surface area (Å²) in [6, 6.07) is 12.7. The highest BCUT2D eigenvalue weighted by molar-refractivity contribution is 6.01. The van der Waals surface area contributed by atoms with E-state index in [0.29, 0.717) is 42.4 Å². The monoisotopic (exact) mass is 300 g/mol. The summed E-state index contributed by atoms with van der Waals surface area (Å²) in [7, 11) is 0. The van der Waals surface area contributed by atoms with Gasteiger partial charge in [-0.05, 0) is 42.0 Å². The van der Waals surface area contributed by atoms with Crippen LogP contribution in [0, 0.1) is 22.7 Å². The van der Waals surface area contributed by atoms with Crippen molar-refractivity contribution in [3.8, 4) is 12.1 Å². The average Bonchev–Trinajstić information content (AvgIpc) is 2.76. The first kappa shape index (κ1) is 15.0. The minimum Gasteiger partial charge on any atom is -0.294 e. The summed E-state index contributed by atoms with van der Waals surface area (Å²) in [6.45, 7) is 0. The molecule has 112 valence electrons. The first-order chi connectivity index (χ1) is 11.2. The smallest absolute Gasteiger partial charge is 0.164 e. The summed E-state index contributed by atoms with van der Waals surface area (Å²) in [5.74, 6) is -0.0286. The Morgan fingerprint density at radius 2 is 1.52 bits per heavy atom. The number of nitrogens with zero attached hydrogens (tertiary/aromatic N) is 2. The van der Waals surface area contributed by atoms with Crippen molar-refractivity contribution >= 4 is 5.78 Å². The summed E-state index contributed by atoms with van der Waals surface area (Å²) in [5, 5.41) is 18.8. The molecule has 1 aromatic rings. The molecule has 23 heavy (non-hydrogen) atoms. The van der Waals surface area contributed by atoms with E-state index in [1.807, 2.05) is 0 Å². The van der Waals surface area contributed by atoms with Gasteiger partial charge in [-0.1, -0.05) is 30.3 Å². The number of ketones is 1. The number of Topliss-reactive ketones (excluding diaryl/α,β-unsaturated/α-hetero) is 1. The molecule has 3 heteroatoms. The van der Waals surface area contributed by atoms with Gasteiger partial charge in [-0.3, -0.25) is 4.79 Å². The molecular weight excluding hydrogens is 284 g/mol. The Balaban J connectivity index is 2.09. The van der Waals surface area contributed by atoms with Gasteiger partial charge in [-0.15, -0.1) is 0 Å². The predicted molar refractivity (Wildman–Crippen MR) is 87.1 cm³/mol. The zero-order chi connectivity index (χ0) is 16.2. The Bertz CT molecular complexity index is 824. The number of benzene rings is 1. The van der Waals surface area contributed by atoms with Gasteiger partial charge in [0, 0.05) is 24.0 Å². The Hall–Kier alpha value is -2.91. The lowest BCUT2D eigenvalue weighted by molar-refractivity contribution is -0.115. The van der Waals surface area contributed by atoms with Crippen molar-refractivity contribution < 1.29 is 4.79 Å². The second-order valence-corrected chi connectivity index (χ2v) is 5.85. The molecule has 4 rings (SSSR count). The number of carbonyl (C=O) groups excluding carboxylic acids is 1. The van der Waals surface area contributed by atoms with E-state index in [4.69, 9.17) is 0 Å². The summed E-state index contributed by atoms with van der Waals surface area (Å²) < 4.78 is 0. The average molecular weight is 300 g/mol. The van der Waals surface area contributed by atoms with E-state index in [2.05, 4.69) is 36.4 Å². The van der Waals surface area contributed by atoms with Crippen LogP contribution in [0.15, 0.2) is 58.7 Å². The third-order valence-corrected chi connectivity index (χ3v) is 4.41. The van der Waals surface area contributed by atoms with Gasteiger partial charge in [0.15, 0.2) is 5.78 Å². The zero-order valence-corrected chi connectivity index (χ0v) is 12.8. The van der Waals surface area contributed by atoms with Gasteiger partial charge in [0.25, 0.3) is 0 Å². The van der Waals surface area contributed by atoms with E-state index in [-0.39, 0.29) is 5.78 Å². The van der Waals surface area contributed by atoms with Gasteiger partial charge in [0.05, 0.1) is 17.7 Å². The number of carbonyl (C=O) groups is 1. The molecule has 0 aromatic heterocycles. The topological polar surface area (TPSA) is 64.7 Å². The van der Waals surface area contributed by atoms with Crippen molar-refractivity contribution in [1.29, 1.82) is 10.5 Å². The summed E-state index contributed by atoms with van der Waals surface area (Å²) >= 11 is 0. The van der Waals surface area contributed by atoms with Crippen LogP contribution in [-0.2, 0) is 17.6 Å². The van der Waals surface area contributed by atoms with Crippen LogP contribution < -0.4 is 0 Å². The quantitative estimate of drug-likeness (QED) is 0.733. The zero-order valence-electron chi connectivity index (χ0n) is 12.8. The number of nitriles is 2. The van der Waals surface area contributed by atoms with Crippen molar-refractivity contribution in [3.05, 3.63) is 69.8 Å². The maximum atomic E-state index is 12.6. The van der Waals surface area contributed by atoms with Gasteiger partial charge in [-0.25, -0.2) is 0 Å². The van der Waals surface area contributed by atoms with Crippen molar-refractivity contribution in [3.63, 3.8) is 0 Å². The number of aryl methyl sites for hydroxylation is 2. The van der Waals surface area contributed by atoms with Gasteiger partial charge in [0.1, 0.15) is 0 Å². The maximum absolute atomic E-state index is 12.6. The number of rotatable bonds is 0. The third kappa shape index (κ3) is 3.15. The lowest BCUT2D eigenvalue weighted by Crippen LogP contribution is -2.07. The molecule has 0 aliphatic heterocycles. The molecule has 0 saturated heterocycles. The molecule has 0 saturated carbocycles. The van der Waals surface area contributed by atoms with Crippen LogP contribution >= 0.6 is 0 Å². The van der Waals surface area contributed by atoms with Gasteiger partial charge in [0.2, 0.25) is 0 Å². The van der Waals surface area contributed by atoms with Crippen molar-refractivity contribution in [2.45, 2.75) is 32.1 Å². The number of hydrogen-bond acceptors (Lipinski definition) is 3. The predicted octanol–water partition coefficient (Wildman–Crippen LogP) is 3.73. The molecule has 4 bridgehead atoms. The van der Waals surface area contributed by atoms with Crippen LogP contribution in [0.3, 0.4) is 0 Å². The Morgan fingerprint density at radius 1 is 0.870 bits per heavy atom. The standard InChI is InChI=1S/C20H16N2O/c21-12-17-8-9-18(13-22)19-11-16(17)7-5-14-1-3-15(4-2-14)6-10-20(19)23/h1-4,9,11H,5-8,10H2. The Labute approximate surface area is 135 Å². The fourth-order valence-electron chi connectivity index (χ4n) is 3.01. The second-order valence-electron chi connectivity index (χ2n) is 5.85. The normalized spacial score (nSPS) is 17.9. The van der Waals surface area contributed by atoms with Crippen LogP contribution in [0.2, 0.25) is 0 Å².